The molecular formula is C17H26N2O4S. The molecule has 1 aromatic rings. The third kappa shape index (κ3) is 2.79. The zero-order valence-electron chi connectivity index (χ0n) is 14.3. The third-order valence-corrected chi connectivity index (χ3v) is 7.07. The van der Waals surface area contributed by atoms with Crippen molar-refractivity contribution >= 4 is 16.9 Å². The smallest absolute Gasteiger partial charge is 0.407 e. The van der Waals surface area contributed by atoms with Gasteiger partial charge in [0.1, 0.15) is 0 Å². The van der Waals surface area contributed by atoms with Gasteiger partial charge >= 0.3 is 6.09 Å². The lowest BCUT2D eigenvalue weighted by molar-refractivity contribution is 0.0136. The highest BCUT2D eigenvalue weighted by molar-refractivity contribution is 8.22. The van der Waals surface area contributed by atoms with Crippen molar-refractivity contribution in [3.63, 3.8) is 0 Å². The van der Waals surface area contributed by atoms with E-state index in [4.69, 9.17) is 0 Å². The highest BCUT2D eigenvalue weighted by Crippen LogP contribution is 2.61. The molecule has 1 aromatic carbocycles. The maximum absolute atomic E-state index is 11.7. The van der Waals surface area contributed by atoms with E-state index in [9.17, 15) is 19.0 Å². The Bertz CT molecular complexity index is 644. The molecule has 0 spiro atoms. The predicted octanol–water partition coefficient (Wildman–Crippen LogP) is 4.08. The Hall–Kier alpha value is -1.28. The van der Waals surface area contributed by atoms with E-state index in [2.05, 4.69) is 0 Å². The van der Waals surface area contributed by atoms with Gasteiger partial charge in [0.25, 0.3) is 0 Å². The fourth-order valence-electron chi connectivity index (χ4n) is 4.13. The van der Waals surface area contributed by atoms with Gasteiger partial charge in [0.15, 0.2) is 0 Å². The maximum atomic E-state index is 11.7. The Morgan fingerprint density at radius 3 is 2.50 bits per heavy atom. The number of hydrogen-bond acceptors (Lipinski definition) is 4. The van der Waals surface area contributed by atoms with E-state index in [1.807, 2.05) is 39.0 Å². The number of carbonyl (C=O) groups is 1. The second-order valence-electron chi connectivity index (χ2n) is 7.70. The van der Waals surface area contributed by atoms with Crippen molar-refractivity contribution in [2.45, 2.75) is 57.1 Å². The van der Waals surface area contributed by atoms with Gasteiger partial charge in [0.05, 0.1) is 17.0 Å². The lowest BCUT2D eigenvalue weighted by Gasteiger charge is -2.53. The summed E-state index contributed by atoms with van der Waals surface area (Å²) in [6.45, 7) is 6.99. The van der Waals surface area contributed by atoms with Crippen LogP contribution >= 0.6 is 10.8 Å². The van der Waals surface area contributed by atoms with E-state index >= 15 is 0 Å². The number of carboxylic acid groups (broad SMARTS) is 1. The zero-order chi connectivity index (χ0) is 17.7. The normalized spacial score (nSPS) is 28.5. The molecule has 2 unspecified atom stereocenters. The molecule has 0 radical (unpaired) electrons. The topological polar surface area (TPSA) is 84.2 Å². The molecule has 6 nitrogen and oxygen atoms in total. The highest BCUT2D eigenvalue weighted by atomic mass is 32.3. The Labute approximate surface area is 144 Å². The molecule has 0 aliphatic carbocycles. The minimum absolute atomic E-state index is 0.216. The Balaban J connectivity index is 2.00. The van der Waals surface area contributed by atoms with E-state index in [1.54, 1.807) is 10.4 Å². The van der Waals surface area contributed by atoms with Gasteiger partial charge in [-0.15, -0.1) is 10.8 Å². The monoisotopic (exact) mass is 354 g/mol. The van der Waals surface area contributed by atoms with Crippen LogP contribution in [0.25, 0.3) is 0 Å². The Morgan fingerprint density at radius 1 is 1.25 bits per heavy atom. The molecule has 1 amide bonds. The third-order valence-electron chi connectivity index (χ3n) is 5.02. The van der Waals surface area contributed by atoms with Crippen molar-refractivity contribution in [1.29, 1.82) is 0 Å². The van der Waals surface area contributed by atoms with Crippen molar-refractivity contribution in [1.82, 2.24) is 9.21 Å². The van der Waals surface area contributed by atoms with Crippen molar-refractivity contribution < 1.29 is 19.0 Å². The highest BCUT2D eigenvalue weighted by Gasteiger charge is 2.49. The van der Waals surface area contributed by atoms with Gasteiger partial charge in [-0.2, -0.15) is 4.31 Å². The minimum Gasteiger partial charge on any atom is -0.465 e. The first-order valence-electron chi connectivity index (χ1n) is 8.26. The molecule has 3 rings (SSSR count). The molecule has 1 fully saturated rings. The molecular weight excluding hydrogens is 328 g/mol. The number of rotatable bonds is 1. The van der Waals surface area contributed by atoms with E-state index < -0.39 is 16.9 Å². The number of amides is 1. The van der Waals surface area contributed by atoms with Gasteiger partial charge in [0, 0.05) is 13.1 Å². The molecule has 3 N–H and O–H groups in total. The average Bonchev–Trinajstić information content (AvgIpc) is 2.77. The first-order chi connectivity index (χ1) is 11.1. The van der Waals surface area contributed by atoms with Crippen LogP contribution in [0.15, 0.2) is 29.2 Å². The summed E-state index contributed by atoms with van der Waals surface area (Å²) in [5.41, 5.74) is 0.617. The summed E-state index contributed by atoms with van der Waals surface area (Å²) in [6, 6.07) is 6.87. The molecule has 0 saturated carbocycles. The van der Waals surface area contributed by atoms with Gasteiger partial charge < -0.3 is 10.0 Å². The summed E-state index contributed by atoms with van der Waals surface area (Å²) in [5, 5.41) is 9.63. The Kier molecular flexibility index (Phi) is 4.32. The quantitative estimate of drug-likeness (QED) is 0.707. The molecule has 24 heavy (non-hydrogen) atoms. The van der Waals surface area contributed by atoms with Crippen molar-refractivity contribution in [2.24, 2.45) is 5.41 Å². The van der Waals surface area contributed by atoms with Crippen LogP contribution in [-0.2, 0) is 6.54 Å². The van der Waals surface area contributed by atoms with Crippen molar-refractivity contribution in [3.05, 3.63) is 29.8 Å². The summed E-state index contributed by atoms with van der Waals surface area (Å²) in [5.74, 6) is 0. The molecule has 2 aliphatic rings. The molecule has 0 aromatic heterocycles. The van der Waals surface area contributed by atoms with Crippen LogP contribution in [0.2, 0.25) is 0 Å². The van der Waals surface area contributed by atoms with E-state index in [0.29, 0.717) is 18.0 Å². The number of nitrogens with zero attached hydrogens (tertiary/aromatic N) is 2. The van der Waals surface area contributed by atoms with Crippen LogP contribution in [0.1, 0.15) is 39.2 Å². The van der Waals surface area contributed by atoms with Crippen LogP contribution in [0.4, 0.5) is 4.79 Å². The standard InChI is InChI=1S/C17H26N2O4S/c1-17(2,3)15-13(8-6-10-18(15)16(20)21)19-11-12-7-4-5-9-14(12)24(19,22)23/h4-5,7,9,13,15,22-23H,6,8,10-11H2,1-3H3,(H,20,21). The molecule has 2 aliphatic heterocycles. The largest absolute Gasteiger partial charge is 0.465 e. The van der Waals surface area contributed by atoms with Crippen LogP contribution in [0, 0.1) is 5.41 Å². The predicted molar refractivity (Wildman–Crippen MR) is 94.1 cm³/mol. The number of benzene rings is 1. The van der Waals surface area contributed by atoms with Crippen molar-refractivity contribution in [2.75, 3.05) is 6.54 Å². The van der Waals surface area contributed by atoms with E-state index in [0.717, 1.165) is 18.4 Å². The lowest BCUT2D eigenvalue weighted by Crippen LogP contribution is -2.61. The second-order valence-corrected chi connectivity index (χ2v) is 9.64. The first-order valence-corrected chi connectivity index (χ1v) is 9.77. The number of hydrogen-bond donors (Lipinski definition) is 3. The van der Waals surface area contributed by atoms with E-state index in [-0.39, 0.29) is 17.5 Å². The second kappa shape index (κ2) is 5.91. The van der Waals surface area contributed by atoms with Crippen LogP contribution in [-0.4, -0.2) is 48.1 Å². The SMILES string of the molecule is CC(C)(C)C1C(N2Cc3ccccc3S2(O)O)CCCN1C(=O)O. The summed E-state index contributed by atoms with van der Waals surface area (Å²) < 4.78 is 23.5. The zero-order valence-corrected chi connectivity index (χ0v) is 15.2. The molecule has 2 atom stereocenters. The first kappa shape index (κ1) is 17.5. The average molecular weight is 354 g/mol. The number of fused-ring (bicyclic) bond motifs is 1. The fraction of sp³-hybridized carbons (Fsp3) is 0.588. The van der Waals surface area contributed by atoms with Gasteiger partial charge in [-0.1, -0.05) is 39.0 Å². The number of piperidine rings is 1. The van der Waals surface area contributed by atoms with Gasteiger partial charge in [0.2, 0.25) is 0 Å². The summed E-state index contributed by atoms with van der Waals surface area (Å²) in [4.78, 5) is 13.8. The molecule has 2 heterocycles. The molecule has 1 saturated heterocycles. The van der Waals surface area contributed by atoms with Crippen LogP contribution < -0.4 is 0 Å². The van der Waals surface area contributed by atoms with Gasteiger partial charge in [-0.3, -0.25) is 9.11 Å². The molecule has 7 heteroatoms. The number of likely N-dealkylation sites (tertiary alicyclic amines) is 1. The van der Waals surface area contributed by atoms with Gasteiger partial charge in [-0.05, 0) is 29.9 Å². The van der Waals surface area contributed by atoms with Crippen molar-refractivity contribution in [3.8, 4) is 0 Å². The fourth-order valence-corrected chi connectivity index (χ4v) is 6.04. The summed E-state index contributed by atoms with van der Waals surface area (Å²) >= 11 is 0. The van der Waals surface area contributed by atoms with E-state index in [1.165, 1.54) is 4.90 Å². The molecule has 134 valence electrons. The van der Waals surface area contributed by atoms with Crippen LogP contribution in [0.5, 0.6) is 0 Å². The summed E-state index contributed by atoms with van der Waals surface area (Å²) in [7, 11) is -3.07. The van der Waals surface area contributed by atoms with Gasteiger partial charge in [-0.25, -0.2) is 4.79 Å². The summed E-state index contributed by atoms with van der Waals surface area (Å²) in [6.07, 6.45) is 0.550. The van der Waals surface area contributed by atoms with Crippen LogP contribution in [0.3, 0.4) is 0 Å². The maximum Gasteiger partial charge on any atom is 0.407 e. The minimum atomic E-state index is -3.07. The molecule has 0 bridgehead atoms. The lowest BCUT2D eigenvalue weighted by atomic mass is 9.77. The Morgan fingerprint density at radius 2 is 1.92 bits per heavy atom.